The lowest BCUT2D eigenvalue weighted by molar-refractivity contribution is -0.137. The summed E-state index contributed by atoms with van der Waals surface area (Å²) < 4.78 is 38.7. The average Bonchev–Trinajstić information content (AvgIpc) is 3.39. The molecule has 3 atom stereocenters. The van der Waals surface area contributed by atoms with E-state index in [2.05, 4.69) is 39.9 Å². The molecule has 0 saturated carbocycles. The molecule has 0 spiro atoms. The van der Waals surface area contributed by atoms with Gasteiger partial charge in [-0.2, -0.15) is 13.2 Å². The first-order valence-corrected chi connectivity index (χ1v) is 13.8. The van der Waals surface area contributed by atoms with Crippen molar-refractivity contribution in [1.82, 2.24) is 15.1 Å². The summed E-state index contributed by atoms with van der Waals surface area (Å²) in [4.78, 5) is 32.2. The smallest absolute Gasteiger partial charge is 0.369 e. The van der Waals surface area contributed by atoms with E-state index in [1.54, 1.807) is 0 Å². The van der Waals surface area contributed by atoms with Crippen LogP contribution in [0.25, 0.3) is 0 Å². The van der Waals surface area contributed by atoms with Gasteiger partial charge in [0, 0.05) is 67.5 Å². The number of hydrogen-bond donors (Lipinski definition) is 1. The zero-order chi connectivity index (χ0) is 28.2. The Hall–Kier alpha value is -2.62. The molecule has 1 N–H and O–H groups in total. The Balaban J connectivity index is 1.20. The Morgan fingerprint density at radius 2 is 1.67 bits per heavy atom. The van der Waals surface area contributed by atoms with Gasteiger partial charge in [0.05, 0.1) is 12.1 Å². The third-order valence-electron chi connectivity index (χ3n) is 8.07. The largest absolute Gasteiger partial charge is 0.416 e. The van der Waals surface area contributed by atoms with Crippen LogP contribution in [-0.2, 0) is 11.0 Å². The third-order valence-corrected chi connectivity index (χ3v) is 8.30. The molecule has 0 aromatic heterocycles. The topological polar surface area (TPSA) is 55.9 Å². The van der Waals surface area contributed by atoms with Gasteiger partial charge in [-0.05, 0) is 69.1 Å². The number of ketones is 1. The predicted molar refractivity (Wildman–Crippen MR) is 147 cm³/mol. The van der Waals surface area contributed by atoms with Crippen LogP contribution in [-0.4, -0.2) is 79.4 Å². The van der Waals surface area contributed by atoms with Crippen molar-refractivity contribution in [2.75, 3.05) is 50.7 Å². The molecule has 1 amide bonds. The molecule has 2 unspecified atom stereocenters. The van der Waals surface area contributed by atoms with Crippen LogP contribution in [0.5, 0.6) is 0 Å². The molecule has 2 saturated heterocycles. The van der Waals surface area contributed by atoms with Crippen LogP contribution in [0.2, 0.25) is 5.02 Å². The Labute approximate surface area is 233 Å². The highest BCUT2D eigenvalue weighted by atomic mass is 35.5. The zero-order valence-corrected chi connectivity index (χ0v) is 23.1. The standard InChI is InChI=1S/C29H36ClF3N4O2/c1-20(35-11-13-36(14-12-35)26-8-4-7-25(30)17-26)21(2)37-10-9-22(19-37)15-27(38)18-34-28(39)23-5-3-6-24(16-23)29(31,32)33/h3-8,16-17,20-22H,9-15,18-19H2,1-2H3,(H,34,39)/t20?,21?,22-/m0/s1. The van der Waals surface area contributed by atoms with Crippen LogP contribution in [0.3, 0.4) is 0 Å². The Morgan fingerprint density at radius 1 is 0.974 bits per heavy atom. The molecule has 2 aromatic rings. The van der Waals surface area contributed by atoms with Crippen LogP contribution in [0, 0.1) is 5.92 Å². The van der Waals surface area contributed by atoms with Crippen LogP contribution < -0.4 is 10.2 Å². The lowest BCUT2D eigenvalue weighted by atomic mass is 10.0. The molecule has 0 aliphatic carbocycles. The first-order valence-electron chi connectivity index (χ1n) is 13.5. The average molecular weight is 565 g/mol. The number of nitrogens with zero attached hydrogens (tertiary/aromatic N) is 3. The highest BCUT2D eigenvalue weighted by Crippen LogP contribution is 2.30. The van der Waals surface area contributed by atoms with Crippen LogP contribution in [0.1, 0.15) is 42.6 Å². The lowest BCUT2D eigenvalue weighted by Gasteiger charge is -2.43. The number of carbonyl (C=O) groups is 2. The Kier molecular flexibility index (Phi) is 9.56. The van der Waals surface area contributed by atoms with Crippen molar-refractivity contribution in [1.29, 1.82) is 0 Å². The molecule has 2 heterocycles. The monoisotopic (exact) mass is 564 g/mol. The van der Waals surface area contributed by atoms with Crippen molar-refractivity contribution in [3.8, 4) is 0 Å². The SMILES string of the molecule is CC(C(C)N1CC[C@@H](CC(=O)CNC(=O)c2cccc(C(F)(F)F)c2)C1)N1CCN(c2cccc(Cl)c2)CC1. The van der Waals surface area contributed by atoms with Gasteiger partial charge in [-0.3, -0.25) is 19.4 Å². The van der Waals surface area contributed by atoms with E-state index in [-0.39, 0.29) is 23.8 Å². The van der Waals surface area contributed by atoms with Gasteiger partial charge in [0.15, 0.2) is 5.78 Å². The van der Waals surface area contributed by atoms with E-state index in [1.807, 2.05) is 18.2 Å². The van der Waals surface area contributed by atoms with Crippen molar-refractivity contribution < 1.29 is 22.8 Å². The van der Waals surface area contributed by atoms with Crippen molar-refractivity contribution in [2.45, 2.75) is 44.9 Å². The first kappa shape index (κ1) is 29.4. The van der Waals surface area contributed by atoms with E-state index in [4.69, 9.17) is 11.6 Å². The predicted octanol–water partition coefficient (Wildman–Crippen LogP) is 4.97. The van der Waals surface area contributed by atoms with Crippen LogP contribution in [0.4, 0.5) is 18.9 Å². The molecule has 10 heteroatoms. The summed E-state index contributed by atoms with van der Waals surface area (Å²) in [5.74, 6) is -0.585. The van der Waals surface area contributed by atoms with Crippen molar-refractivity contribution >= 4 is 29.0 Å². The number of benzene rings is 2. The summed E-state index contributed by atoms with van der Waals surface area (Å²) in [6.45, 7) is 9.90. The summed E-state index contributed by atoms with van der Waals surface area (Å²) in [5.41, 5.74) is 0.153. The van der Waals surface area contributed by atoms with Gasteiger partial charge in [-0.25, -0.2) is 0 Å². The number of Topliss-reactive ketones (excluding diaryl/α,β-unsaturated/α-hetero) is 1. The van der Waals surface area contributed by atoms with Crippen LogP contribution >= 0.6 is 11.6 Å². The third kappa shape index (κ3) is 7.74. The van der Waals surface area contributed by atoms with Gasteiger partial charge in [-0.15, -0.1) is 0 Å². The quantitative estimate of drug-likeness (QED) is 0.466. The van der Waals surface area contributed by atoms with Gasteiger partial charge in [0.25, 0.3) is 5.91 Å². The van der Waals surface area contributed by atoms with Gasteiger partial charge in [0.1, 0.15) is 0 Å². The van der Waals surface area contributed by atoms with E-state index in [0.717, 1.165) is 68.5 Å². The van der Waals surface area contributed by atoms with Crippen molar-refractivity contribution in [3.63, 3.8) is 0 Å². The number of carbonyl (C=O) groups excluding carboxylic acids is 2. The maximum absolute atomic E-state index is 12.9. The van der Waals surface area contributed by atoms with Gasteiger partial charge in [0.2, 0.25) is 0 Å². The summed E-state index contributed by atoms with van der Waals surface area (Å²) in [5, 5.41) is 3.22. The van der Waals surface area contributed by atoms with E-state index in [0.29, 0.717) is 18.5 Å². The molecular formula is C29H36ClF3N4O2. The normalized spacial score (nSPS) is 20.6. The summed E-state index contributed by atoms with van der Waals surface area (Å²) in [6.07, 6.45) is -3.27. The Morgan fingerprint density at radius 3 is 2.36 bits per heavy atom. The Bertz CT molecular complexity index is 1150. The molecule has 2 fully saturated rings. The lowest BCUT2D eigenvalue weighted by Crippen LogP contribution is -2.55. The number of piperazine rings is 1. The van der Waals surface area contributed by atoms with Crippen LogP contribution in [0.15, 0.2) is 48.5 Å². The van der Waals surface area contributed by atoms with E-state index in [9.17, 15) is 22.8 Å². The fourth-order valence-electron chi connectivity index (χ4n) is 5.58. The maximum Gasteiger partial charge on any atom is 0.416 e. The van der Waals surface area contributed by atoms with Gasteiger partial charge < -0.3 is 10.2 Å². The number of alkyl halides is 3. The number of hydrogen-bond acceptors (Lipinski definition) is 5. The van der Waals surface area contributed by atoms with Crippen molar-refractivity contribution in [3.05, 3.63) is 64.7 Å². The van der Waals surface area contributed by atoms with Crippen molar-refractivity contribution in [2.24, 2.45) is 5.92 Å². The molecule has 6 nitrogen and oxygen atoms in total. The number of likely N-dealkylation sites (tertiary alicyclic amines) is 1. The molecule has 4 rings (SSSR count). The highest BCUT2D eigenvalue weighted by Gasteiger charge is 2.33. The second kappa shape index (κ2) is 12.7. The second-order valence-corrected chi connectivity index (χ2v) is 11.1. The van der Waals surface area contributed by atoms with Gasteiger partial charge in [-0.1, -0.05) is 23.7 Å². The summed E-state index contributed by atoms with van der Waals surface area (Å²) >= 11 is 6.16. The molecule has 39 heavy (non-hydrogen) atoms. The number of halogens is 4. The highest BCUT2D eigenvalue weighted by molar-refractivity contribution is 6.30. The number of rotatable bonds is 9. The van der Waals surface area contributed by atoms with E-state index >= 15 is 0 Å². The summed E-state index contributed by atoms with van der Waals surface area (Å²) in [7, 11) is 0. The number of nitrogens with one attached hydrogen (secondary N) is 1. The maximum atomic E-state index is 12.9. The minimum Gasteiger partial charge on any atom is -0.369 e. The minimum atomic E-state index is -4.53. The molecule has 0 radical (unpaired) electrons. The molecule has 2 aromatic carbocycles. The fraction of sp³-hybridized carbons (Fsp3) is 0.517. The zero-order valence-electron chi connectivity index (χ0n) is 22.4. The fourth-order valence-corrected chi connectivity index (χ4v) is 5.77. The molecule has 2 aliphatic rings. The second-order valence-electron chi connectivity index (χ2n) is 10.6. The molecule has 212 valence electrons. The van der Waals surface area contributed by atoms with E-state index in [1.165, 1.54) is 12.1 Å². The molecule has 0 bridgehead atoms. The molecular weight excluding hydrogens is 529 g/mol. The number of amides is 1. The molecule has 2 aliphatic heterocycles. The minimum absolute atomic E-state index is 0.110. The van der Waals surface area contributed by atoms with Gasteiger partial charge >= 0.3 is 6.18 Å². The first-order chi connectivity index (χ1) is 18.5. The van der Waals surface area contributed by atoms with E-state index < -0.39 is 17.6 Å². The number of anilines is 1. The summed E-state index contributed by atoms with van der Waals surface area (Å²) in [6, 6.07) is 12.9.